The van der Waals surface area contributed by atoms with Gasteiger partial charge in [-0.2, -0.15) is 18.3 Å². The molecule has 4 rings (SSSR count). The average Bonchev–Trinajstić information content (AvgIpc) is 3.56. The highest BCUT2D eigenvalue weighted by Gasteiger charge is 2.31. The summed E-state index contributed by atoms with van der Waals surface area (Å²) >= 11 is 1.01. The number of nitrogens with one attached hydrogen (secondary N) is 4. The number of benzene rings is 1. The van der Waals surface area contributed by atoms with Crippen molar-refractivity contribution in [1.82, 2.24) is 25.5 Å². The minimum absolute atomic E-state index is 0.0792. The van der Waals surface area contributed by atoms with Crippen LogP contribution >= 0.6 is 11.3 Å². The van der Waals surface area contributed by atoms with Crippen molar-refractivity contribution >= 4 is 45.1 Å². The molecule has 0 aliphatic rings. The van der Waals surface area contributed by atoms with E-state index in [9.17, 15) is 27.2 Å². The van der Waals surface area contributed by atoms with Crippen LogP contribution in [0.1, 0.15) is 62.9 Å². The summed E-state index contributed by atoms with van der Waals surface area (Å²) in [7, 11) is 0. The Balaban J connectivity index is 1.47. The van der Waals surface area contributed by atoms with E-state index < -0.39 is 29.3 Å². The maximum Gasteiger partial charge on any atom is 0.416 e. The Labute approximate surface area is 243 Å². The number of nitrogens with zero attached hydrogens (tertiary/aromatic N) is 3. The van der Waals surface area contributed by atoms with Crippen LogP contribution in [0, 0.1) is 17.2 Å². The molecule has 0 saturated carbocycles. The van der Waals surface area contributed by atoms with E-state index in [-0.39, 0.29) is 16.5 Å². The Hall–Kier alpha value is -4.07. The van der Waals surface area contributed by atoms with E-state index in [4.69, 9.17) is 0 Å². The topological polar surface area (TPSA) is 125 Å². The van der Waals surface area contributed by atoms with Crippen LogP contribution in [-0.2, 0) is 6.18 Å². The number of thiazole rings is 1. The summed E-state index contributed by atoms with van der Waals surface area (Å²) in [5.41, 5.74) is -0.694. The molecule has 1 aromatic carbocycles. The third kappa shape index (κ3) is 7.81. The molecule has 3 heterocycles. The first-order valence-corrected chi connectivity index (χ1v) is 14.1. The highest BCUT2D eigenvalue weighted by molar-refractivity contribution is 7.19. The molecule has 0 aliphatic carbocycles. The van der Waals surface area contributed by atoms with E-state index >= 15 is 0 Å². The fourth-order valence-corrected chi connectivity index (χ4v) is 5.01. The van der Waals surface area contributed by atoms with Gasteiger partial charge in [-0.15, -0.1) is 0 Å². The Bertz CT molecular complexity index is 1580. The number of pyridine rings is 1. The second-order valence-corrected chi connectivity index (χ2v) is 12.2. The molecule has 14 heteroatoms. The Morgan fingerprint density at radius 3 is 2.57 bits per heavy atom. The standard InChI is InChI=1S/C28H31F4N7O2S/c1-15(2)6-5-9-27(3,4)14-34-24(40)17-11-21(36-23-18(17)12-35-39-23)22-13-33-26(42-22)38-25(41)37-20-10-16(28(30,31)32)7-8-19(20)29/h7-8,10-13,15H,5-6,9,14H2,1-4H3,(H,34,40)(H,35,36,39)(H2,33,37,38,41). The summed E-state index contributed by atoms with van der Waals surface area (Å²) in [6.07, 6.45) is 1.41. The maximum absolute atomic E-state index is 14.0. The van der Waals surface area contributed by atoms with Crippen molar-refractivity contribution < 1.29 is 27.2 Å². The van der Waals surface area contributed by atoms with Gasteiger partial charge in [0.1, 0.15) is 5.82 Å². The summed E-state index contributed by atoms with van der Waals surface area (Å²) < 4.78 is 52.9. The van der Waals surface area contributed by atoms with Gasteiger partial charge in [-0.1, -0.05) is 51.9 Å². The molecule has 9 nitrogen and oxygen atoms in total. The van der Waals surface area contributed by atoms with Gasteiger partial charge in [-0.25, -0.2) is 19.2 Å². The molecule has 4 N–H and O–H groups in total. The van der Waals surface area contributed by atoms with Crippen LogP contribution in [-0.4, -0.2) is 38.6 Å². The van der Waals surface area contributed by atoms with Gasteiger partial charge >= 0.3 is 12.2 Å². The molecule has 0 radical (unpaired) electrons. The average molecular weight is 606 g/mol. The van der Waals surface area contributed by atoms with Gasteiger partial charge in [-0.05, 0) is 42.0 Å². The van der Waals surface area contributed by atoms with Crippen LogP contribution in [0.15, 0.2) is 36.7 Å². The number of amides is 3. The number of carbonyl (C=O) groups is 2. The fourth-order valence-electron chi connectivity index (χ4n) is 4.23. The number of fused-ring (bicyclic) bond motifs is 1. The Kier molecular flexibility index (Phi) is 9.14. The molecule has 0 spiro atoms. The number of alkyl halides is 3. The maximum atomic E-state index is 14.0. The number of urea groups is 1. The van der Waals surface area contributed by atoms with Crippen molar-refractivity contribution in [1.29, 1.82) is 0 Å². The Morgan fingerprint density at radius 1 is 1.10 bits per heavy atom. The second kappa shape index (κ2) is 12.4. The third-order valence-corrected chi connectivity index (χ3v) is 7.49. The van der Waals surface area contributed by atoms with Gasteiger partial charge < -0.3 is 10.6 Å². The molecule has 0 saturated heterocycles. The summed E-state index contributed by atoms with van der Waals surface area (Å²) in [4.78, 5) is 34.8. The molecular weight excluding hydrogens is 574 g/mol. The van der Waals surface area contributed by atoms with Crippen molar-refractivity contribution in [3.8, 4) is 10.6 Å². The van der Waals surface area contributed by atoms with Gasteiger partial charge in [-0.3, -0.25) is 15.2 Å². The lowest BCUT2D eigenvalue weighted by molar-refractivity contribution is -0.137. The van der Waals surface area contributed by atoms with Gasteiger partial charge in [0.05, 0.1) is 39.0 Å². The quantitative estimate of drug-likeness (QED) is 0.140. The molecule has 3 amide bonds. The molecule has 0 bridgehead atoms. The molecule has 42 heavy (non-hydrogen) atoms. The number of halogens is 4. The minimum Gasteiger partial charge on any atom is -0.351 e. The number of hydrogen-bond acceptors (Lipinski definition) is 6. The molecule has 224 valence electrons. The summed E-state index contributed by atoms with van der Waals surface area (Å²) in [5.74, 6) is -0.692. The fraction of sp³-hybridized carbons (Fsp3) is 0.393. The third-order valence-electron chi connectivity index (χ3n) is 6.55. The highest BCUT2D eigenvalue weighted by atomic mass is 32.1. The number of aromatic nitrogens is 4. The lowest BCUT2D eigenvalue weighted by atomic mass is 9.86. The van der Waals surface area contributed by atoms with E-state index in [1.165, 1.54) is 12.4 Å². The Morgan fingerprint density at radius 2 is 1.86 bits per heavy atom. The summed E-state index contributed by atoms with van der Waals surface area (Å²) in [6.45, 7) is 9.08. The molecular formula is C28H31F4N7O2S. The van der Waals surface area contributed by atoms with Crippen molar-refractivity contribution in [3.05, 3.63) is 53.6 Å². The largest absolute Gasteiger partial charge is 0.416 e. The smallest absolute Gasteiger partial charge is 0.351 e. The van der Waals surface area contributed by atoms with Gasteiger partial charge in [0, 0.05) is 12.7 Å². The predicted octanol–water partition coefficient (Wildman–Crippen LogP) is 7.47. The number of rotatable bonds is 10. The molecule has 0 fully saturated rings. The first-order chi connectivity index (χ1) is 19.7. The van der Waals surface area contributed by atoms with Crippen LogP contribution < -0.4 is 16.0 Å². The van der Waals surface area contributed by atoms with Crippen molar-refractivity contribution in [2.75, 3.05) is 17.2 Å². The van der Waals surface area contributed by atoms with E-state index in [0.29, 0.717) is 57.8 Å². The minimum atomic E-state index is -4.70. The monoisotopic (exact) mass is 605 g/mol. The lowest BCUT2D eigenvalue weighted by Gasteiger charge is -2.25. The van der Waals surface area contributed by atoms with Crippen molar-refractivity contribution in [2.45, 2.75) is 53.1 Å². The van der Waals surface area contributed by atoms with E-state index in [2.05, 4.69) is 63.8 Å². The molecule has 3 aromatic heterocycles. The first-order valence-electron chi connectivity index (χ1n) is 13.2. The van der Waals surface area contributed by atoms with E-state index in [0.717, 1.165) is 30.6 Å². The molecule has 0 aliphatic heterocycles. The number of H-pyrrole nitrogens is 1. The second-order valence-electron chi connectivity index (χ2n) is 11.1. The highest BCUT2D eigenvalue weighted by Crippen LogP contribution is 2.33. The van der Waals surface area contributed by atoms with Crippen molar-refractivity contribution in [3.63, 3.8) is 0 Å². The first kappa shape index (κ1) is 30.9. The number of hydrogen-bond donors (Lipinski definition) is 4. The van der Waals surface area contributed by atoms with Gasteiger partial charge in [0.15, 0.2) is 10.8 Å². The SMILES string of the molecule is CC(C)CCCC(C)(C)CNC(=O)c1cc(-c2cnc(NC(=O)Nc3cc(C(F)(F)F)ccc3F)s2)nc2[nH]ncc12. The zero-order chi connectivity index (χ0) is 30.7. The van der Waals surface area contributed by atoms with Gasteiger partial charge in [0.2, 0.25) is 0 Å². The van der Waals surface area contributed by atoms with Crippen LogP contribution in [0.5, 0.6) is 0 Å². The zero-order valence-corrected chi connectivity index (χ0v) is 24.3. The number of anilines is 2. The van der Waals surface area contributed by atoms with Crippen LogP contribution in [0.2, 0.25) is 0 Å². The summed E-state index contributed by atoms with van der Waals surface area (Å²) in [5, 5.41) is 14.9. The van der Waals surface area contributed by atoms with Gasteiger partial charge in [0.25, 0.3) is 5.91 Å². The van der Waals surface area contributed by atoms with E-state index in [1.54, 1.807) is 6.07 Å². The van der Waals surface area contributed by atoms with Crippen molar-refractivity contribution in [2.24, 2.45) is 11.3 Å². The molecule has 0 unspecified atom stereocenters. The number of aromatic amines is 1. The molecule has 0 atom stereocenters. The van der Waals surface area contributed by atoms with E-state index in [1.807, 2.05) is 0 Å². The predicted molar refractivity (Wildman–Crippen MR) is 154 cm³/mol. The number of carbonyl (C=O) groups excluding carboxylic acids is 2. The lowest BCUT2D eigenvalue weighted by Crippen LogP contribution is -2.34. The normalized spacial score (nSPS) is 12.1. The zero-order valence-electron chi connectivity index (χ0n) is 23.4. The van der Waals surface area contributed by atoms with Crippen LogP contribution in [0.3, 0.4) is 0 Å². The van der Waals surface area contributed by atoms with Crippen LogP contribution in [0.4, 0.5) is 33.2 Å². The molecule has 4 aromatic rings. The van der Waals surface area contributed by atoms with Crippen LogP contribution in [0.25, 0.3) is 21.6 Å². The summed E-state index contributed by atoms with van der Waals surface area (Å²) in [6, 6.07) is 2.33.